The van der Waals surface area contributed by atoms with Crippen molar-refractivity contribution in [2.24, 2.45) is 0 Å². The maximum absolute atomic E-state index is 5.14. The van der Waals surface area contributed by atoms with Crippen LogP contribution in [0.4, 0.5) is 0 Å². The lowest BCUT2D eigenvalue weighted by Crippen LogP contribution is -1.87. The van der Waals surface area contributed by atoms with Gasteiger partial charge in [0, 0.05) is 4.47 Å². The predicted molar refractivity (Wildman–Crippen MR) is 75.3 cm³/mol. The molecule has 2 aromatic rings. The second kappa shape index (κ2) is 5.19. The normalized spacial score (nSPS) is 10.0. The molecule has 0 radical (unpaired) electrons. The molecule has 0 spiro atoms. The Morgan fingerprint density at radius 3 is 2.35 bits per heavy atom. The fourth-order valence-electron chi connectivity index (χ4n) is 1.64. The first-order valence-corrected chi connectivity index (χ1v) is 6.09. The van der Waals surface area contributed by atoms with E-state index in [9.17, 15) is 0 Å². The van der Waals surface area contributed by atoms with Gasteiger partial charge in [0.2, 0.25) is 0 Å². The van der Waals surface area contributed by atoms with Crippen LogP contribution in [0.1, 0.15) is 11.1 Å². The molecule has 2 rings (SSSR count). The number of ether oxygens (including phenoxy) is 1. The first-order chi connectivity index (χ1) is 8.20. The lowest BCUT2D eigenvalue weighted by atomic mass is 10.00. The Kier molecular flexibility index (Phi) is 3.64. The maximum atomic E-state index is 5.14. The summed E-state index contributed by atoms with van der Waals surface area (Å²) in [7, 11) is 1.66. The van der Waals surface area contributed by atoms with Gasteiger partial charge in [-0.3, -0.25) is 0 Å². The summed E-state index contributed by atoms with van der Waals surface area (Å²) in [5.41, 5.74) is 3.22. The first kappa shape index (κ1) is 11.9. The van der Waals surface area contributed by atoms with E-state index in [1.54, 1.807) is 7.11 Å². The fourth-order valence-corrected chi connectivity index (χ4v) is 2.03. The third-order valence-electron chi connectivity index (χ3n) is 2.61. The average molecular weight is 289 g/mol. The molecule has 0 aliphatic rings. The van der Waals surface area contributed by atoms with Crippen LogP contribution in [0, 0.1) is 0 Å². The van der Waals surface area contributed by atoms with Crippen LogP contribution in [-0.2, 0) is 0 Å². The highest BCUT2D eigenvalue weighted by molar-refractivity contribution is 9.10. The van der Waals surface area contributed by atoms with E-state index in [0.717, 1.165) is 26.9 Å². The molecule has 0 amide bonds. The van der Waals surface area contributed by atoms with Gasteiger partial charge in [0.05, 0.1) is 7.11 Å². The topological polar surface area (TPSA) is 9.23 Å². The zero-order chi connectivity index (χ0) is 12.3. The number of halogens is 1. The first-order valence-electron chi connectivity index (χ1n) is 5.30. The van der Waals surface area contributed by atoms with E-state index in [0.29, 0.717) is 0 Å². The molecule has 0 aromatic heterocycles. The molecule has 0 aliphatic heterocycles. The molecule has 0 aliphatic carbocycles. The molecule has 2 aromatic carbocycles. The molecule has 0 heterocycles. The van der Waals surface area contributed by atoms with Crippen molar-refractivity contribution in [3.05, 3.63) is 70.7 Å². The van der Waals surface area contributed by atoms with Gasteiger partial charge in [-0.15, -0.1) is 0 Å². The zero-order valence-corrected chi connectivity index (χ0v) is 11.2. The molecule has 86 valence electrons. The standard InChI is InChI=1S/C15H13BrO/c1-11(13-4-3-5-14(16)10-13)12-6-8-15(17-2)9-7-12/h3-10H,1H2,2H3. The summed E-state index contributed by atoms with van der Waals surface area (Å²) < 4.78 is 6.20. The number of hydrogen-bond acceptors (Lipinski definition) is 1. The zero-order valence-electron chi connectivity index (χ0n) is 9.61. The van der Waals surface area contributed by atoms with Crippen LogP contribution in [0.3, 0.4) is 0 Å². The summed E-state index contributed by atoms with van der Waals surface area (Å²) in [5.74, 6) is 0.857. The van der Waals surface area contributed by atoms with E-state index in [-0.39, 0.29) is 0 Å². The molecule has 0 bridgehead atoms. The molecular formula is C15H13BrO. The molecule has 0 saturated heterocycles. The lowest BCUT2D eigenvalue weighted by molar-refractivity contribution is 0.415. The number of benzene rings is 2. The number of methoxy groups -OCH3 is 1. The summed E-state index contributed by atoms with van der Waals surface area (Å²) in [4.78, 5) is 0. The molecule has 17 heavy (non-hydrogen) atoms. The molecule has 0 atom stereocenters. The third kappa shape index (κ3) is 2.77. The quantitative estimate of drug-likeness (QED) is 0.807. The van der Waals surface area contributed by atoms with Gasteiger partial charge in [0.15, 0.2) is 0 Å². The minimum absolute atomic E-state index is 0.857. The Bertz CT molecular complexity index is 529. The van der Waals surface area contributed by atoms with Crippen LogP contribution in [0.15, 0.2) is 59.6 Å². The Morgan fingerprint density at radius 1 is 1.06 bits per heavy atom. The van der Waals surface area contributed by atoms with Crippen LogP contribution >= 0.6 is 15.9 Å². The van der Waals surface area contributed by atoms with Crippen LogP contribution in [0.5, 0.6) is 5.75 Å². The summed E-state index contributed by atoms with van der Waals surface area (Å²) in [5, 5.41) is 0. The van der Waals surface area contributed by atoms with Gasteiger partial charge in [0.25, 0.3) is 0 Å². The van der Waals surface area contributed by atoms with E-state index in [1.807, 2.05) is 36.4 Å². The smallest absolute Gasteiger partial charge is 0.118 e. The number of rotatable bonds is 3. The largest absolute Gasteiger partial charge is 0.497 e. The average Bonchev–Trinajstić information content (AvgIpc) is 2.38. The highest BCUT2D eigenvalue weighted by atomic mass is 79.9. The van der Waals surface area contributed by atoms with Crippen molar-refractivity contribution in [3.8, 4) is 5.75 Å². The van der Waals surface area contributed by atoms with Crippen molar-refractivity contribution in [1.82, 2.24) is 0 Å². The molecule has 0 N–H and O–H groups in total. The Labute approximate surface area is 110 Å². The van der Waals surface area contributed by atoms with E-state index in [2.05, 4.69) is 34.6 Å². The molecule has 0 fully saturated rings. The monoisotopic (exact) mass is 288 g/mol. The van der Waals surface area contributed by atoms with Gasteiger partial charge in [-0.1, -0.05) is 46.8 Å². The Hall–Kier alpha value is -1.54. The molecule has 0 saturated carbocycles. The molecule has 0 unspecified atom stereocenters. The second-order valence-corrected chi connectivity index (χ2v) is 4.63. The minimum Gasteiger partial charge on any atom is -0.497 e. The second-order valence-electron chi connectivity index (χ2n) is 3.72. The Morgan fingerprint density at radius 2 is 1.76 bits per heavy atom. The van der Waals surface area contributed by atoms with Gasteiger partial charge >= 0.3 is 0 Å². The van der Waals surface area contributed by atoms with Crippen LogP contribution < -0.4 is 4.74 Å². The van der Waals surface area contributed by atoms with Crippen molar-refractivity contribution < 1.29 is 4.74 Å². The van der Waals surface area contributed by atoms with Crippen molar-refractivity contribution in [2.45, 2.75) is 0 Å². The molecule has 1 nitrogen and oxygen atoms in total. The van der Waals surface area contributed by atoms with Crippen molar-refractivity contribution in [1.29, 1.82) is 0 Å². The van der Waals surface area contributed by atoms with Crippen molar-refractivity contribution >= 4 is 21.5 Å². The fraction of sp³-hybridized carbons (Fsp3) is 0.0667. The van der Waals surface area contributed by atoms with Gasteiger partial charge in [-0.05, 0) is 41.0 Å². The van der Waals surface area contributed by atoms with Crippen molar-refractivity contribution in [2.75, 3.05) is 7.11 Å². The predicted octanol–water partition coefficient (Wildman–Crippen LogP) is 4.52. The highest BCUT2D eigenvalue weighted by Crippen LogP contribution is 2.25. The van der Waals surface area contributed by atoms with Gasteiger partial charge < -0.3 is 4.74 Å². The maximum Gasteiger partial charge on any atom is 0.118 e. The minimum atomic E-state index is 0.857. The van der Waals surface area contributed by atoms with E-state index in [4.69, 9.17) is 4.74 Å². The Balaban J connectivity index is 2.30. The summed E-state index contributed by atoms with van der Waals surface area (Å²) in [6, 6.07) is 16.0. The summed E-state index contributed by atoms with van der Waals surface area (Å²) in [6.45, 7) is 4.13. The van der Waals surface area contributed by atoms with Crippen LogP contribution in [-0.4, -0.2) is 7.11 Å². The lowest BCUT2D eigenvalue weighted by Gasteiger charge is -2.07. The van der Waals surface area contributed by atoms with Gasteiger partial charge in [-0.2, -0.15) is 0 Å². The van der Waals surface area contributed by atoms with Crippen LogP contribution in [0.2, 0.25) is 0 Å². The molecular weight excluding hydrogens is 276 g/mol. The van der Waals surface area contributed by atoms with Crippen LogP contribution in [0.25, 0.3) is 5.57 Å². The number of hydrogen-bond donors (Lipinski definition) is 0. The van der Waals surface area contributed by atoms with E-state index < -0.39 is 0 Å². The van der Waals surface area contributed by atoms with Crippen molar-refractivity contribution in [3.63, 3.8) is 0 Å². The van der Waals surface area contributed by atoms with E-state index >= 15 is 0 Å². The highest BCUT2D eigenvalue weighted by Gasteiger charge is 2.03. The molecule has 2 heteroatoms. The summed E-state index contributed by atoms with van der Waals surface area (Å²) >= 11 is 3.46. The van der Waals surface area contributed by atoms with Gasteiger partial charge in [-0.25, -0.2) is 0 Å². The van der Waals surface area contributed by atoms with Gasteiger partial charge in [0.1, 0.15) is 5.75 Å². The SMILES string of the molecule is C=C(c1ccc(OC)cc1)c1cccc(Br)c1. The van der Waals surface area contributed by atoms with E-state index in [1.165, 1.54) is 0 Å². The summed E-state index contributed by atoms with van der Waals surface area (Å²) in [6.07, 6.45) is 0. The third-order valence-corrected chi connectivity index (χ3v) is 3.10.